The molecule has 1 heterocycles. The first-order valence-electron chi connectivity index (χ1n) is 13.5. The molecule has 186 valence electrons. The van der Waals surface area contributed by atoms with Crippen molar-refractivity contribution in [3.05, 3.63) is 71.4 Å². The highest BCUT2D eigenvalue weighted by Gasteiger charge is 2.22. The van der Waals surface area contributed by atoms with Crippen molar-refractivity contribution in [3.63, 3.8) is 0 Å². The Kier molecular flexibility index (Phi) is 7.40. The first-order chi connectivity index (χ1) is 16.5. The largest absolute Gasteiger partial charge is 0.352 e. The van der Waals surface area contributed by atoms with E-state index >= 15 is 0 Å². The maximum Gasteiger partial charge on any atom is 0.179 e. The van der Waals surface area contributed by atoms with Crippen LogP contribution in [0.1, 0.15) is 108 Å². The average molecular weight is 470 g/mol. The van der Waals surface area contributed by atoms with Crippen LogP contribution in [0, 0.1) is 5.92 Å². The lowest BCUT2D eigenvalue weighted by Gasteiger charge is -2.21. The summed E-state index contributed by atoms with van der Waals surface area (Å²) in [5.74, 6) is 0.949. The number of aromatic nitrogens is 1. The molecule has 0 atom stereocenters. The van der Waals surface area contributed by atoms with Crippen molar-refractivity contribution in [1.29, 1.82) is 0 Å². The Hall–Kier alpha value is -2.61. The second-order valence-corrected chi connectivity index (χ2v) is 12.6. The fraction of sp³-hybridized carbons (Fsp3) is 0.485. The molecule has 35 heavy (non-hydrogen) atoms. The van der Waals surface area contributed by atoms with E-state index in [0.29, 0.717) is 12.3 Å². The first-order valence-corrected chi connectivity index (χ1v) is 13.5. The van der Waals surface area contributed by atoms with Crippen molar-refractivity contribution in [3.8, 4) is 22.4 Å². The van der Waals surface area contributed by atoms with Crippen LogP contribution < -0.4 is 0 Å². The Morgan fingerprint density at radius 1 is 0.771 bits per heavy atom. The fourth-order valence-electron chi connectivity index (χ4n) is 5.29. The van der Waals surface area contributed by atoms with E-state index in [0.717, 1.165) is 34.5 Å². The zero-order valence-corrected chi connectivity index (χ0v) is 22.6. The van der Waals surface area contributed by atoms with E-state index in [9.17, 15) is 4.79 Å². The molecule has 0 bridgehead atoms. The predicted molar refractivity (Wildman–Crippen MR) is 149 cm³/mol. The Morgan fingerprint density at radius 3 is 1.80 bits per heavy atom. The van der Waals surface area contributed by atoms with Crippen LogP contribution in [-0.2, 0) is 10.8 Å². The molecule has 2 heteroatoms. The van der Waals surface area contributed by atoms with Crippen molar-refractivity contribution in [2.75, 3.05) is 0 Å². The summed E-state index contributed by atoms with van der Waals surface area (Å²) in [6, 6.07) is 19.7. The van der Waals surface area contributed by atoms with E-state index < -0.39 is 0 Å². The molecule has 1 aromatic heterocycles. The normalized spacial score (nSPS) is 15.4. The zero-order valence-electron chi connectivity index (χ0n) is 22.6. The third-order valence-corrected chi connectivity index (χ3v) is 7.72. The van der Waals surface area contributed by atoms with Crippen LogP contribution in [0.4, 0.5) is 0 Å². The van der Waals surface area contributed by atoms with E-state index in [1.165, 1.54) is 43.2 Å². The van der Waals surface area contributed by atoms with Crippen LogP contribution in [0.25, 0.3) is 22.4 Å². The van der Waals surface area contributed by atoms with Crippen molar-refractivity contribution >= 4 is 5.78 Å². The van der Waals surface area contributed by atoms with Gasteiger partial charge in [0.2, 0.25) is 0 Å². The van der Waals surface area contributed by atoms with Gasteiger partial charge < -0.3 is 4.98 Å². The van der Waals surface area contributed by atoms with Gasteiger partial charge in [0, 0.05) is 17.7 Å². The number of aromatic amines is 1. The van der Waals surface area contributed by atoms with Crippen LogP contribution in [0.2, 0.25) is 0 Å². The molecule has 0 spiro atoms. The molecule has 0 unspecified atom stereocenters. The van der Waals surface area contributed by atoms with Gasteiger partial charge in [0.1, 0.15) is 0 Å². The topological polar surface area (TPSA) is 32.9 Å². The van der Waals surface area contributed by atoms with Gasteiger partial charge in [-0.15, -0.1) is 0 Å². The van der Waals surface area contributed by atoms with Gasteiger partial charge in [0.15, 0.2) is 5.78 Å². The molecule has 2 nitrogen and oxygen atoms in total. The second kappa shape index (κ2) is 10.2. The lowest BCUT2D eigenvalue weighted by atomic mass is 9.85. The molecule has 0 amide bonds. The maximum absolute atomic E-state index is 13.5. The molecule has 2 aromatic carbocycles. The molecule has 1 N–H and O–H groups in total. The standard InChI is InChI=1S/C33H43NO/c1-32(2,3)26-17-13-24(14-18-26)28-22-29(25-15-19-27(20-16-25)33(4,5)6)34-31(28)30(35)21-12-23-10-8-7-9-11-23/h13-20,22-23,34H,7-12,21H2,1-6H3. The number of hydrogen-bond donors (Lipinski definition) is 1. The van der Waals surface area contributed by atoms with Gasteiger partial charge in [-0.2, -0.15) is 0 Å². The molecule has 3 aromatic rings. The van der Waals surface area contributed by atoms with Crippen LogP contribution in [0.5, 0.6) is 0 Å². The van der Waals surface area contributed by atoms with Gasteiger partial charge in [-0.25, -0.2) is 0 Å². The number of Topliss-reactive ketones (excluding diaryl/α,β-unsaturated/α-hetero) is 1. The molecular formula is C33H43NO. The monoisotopic (exact) mass is 469 g/mol. The summed E-state index contributed by atoms with van der Waals surface area (Å²) >= 11 is 0. The van der Waals surface area contributed by atoms with Crippen LogP contribution in [-0.4, -0.2) is 10.8 Å². The van der Waals surface area contributed by atoms with Crippen LogP contribution in [0.3, 0.4) is 0 Å². The van der Waals surface area contributed by atoms with Crippen LogP contribution >= 0.6 is 0 Å². The van der Waals surface area contributed by atoms with Gasteiger partial charge in [0.25, 0.3) is 0 Å². The number of nitrogens with one attached hydrogen (secondary N) is 1. The van der Waals surface area contributed by atoms with E-state index in [4.69, 9.17) is 0 Å². The SMILES string of the molecule is CC(C)(C)c1ccc(-c2cc(-c3ccc(C(C)(C)C)cc3)c(C(=O)CCC3CCCCC3)[nH]2)cc1. The highest BCUT2D eigenvalue weighted by Crippen LogP contribution is 2.34. The smallest absolute Gasteiger partial charge is 0.179 e. The Bertz CT molecular complexity index is 1130. The Balaban J connectivity index is 1.66. The summed E-state index contributed by atoms with van der Waals surface area (Å²) in [4.78, 5) is 17.0. The lowest BCUT2D eigenvalue weighted by molar-refractivity contribution is 0.0966. The molecule has 0 radical (unpaired) electrons. The number of hydrogen-bond acceptors (Lipinski definition) is 1. The summed E-state index contributed by atoms with van der Waals surface area (Å²) in [6.07, 6.45) is 8.20. The molecule has 1 aliphatic carbocycles. The molecule has 1 aliphatic rings. The van der Waals surface area contributed by atoms with Gasteiger partial charge in [-0.1, -0.05) is 122 Å². The number of H-pyrrole nitrogens is 1. The number of carbonyl (C=O) groups excluding carboxylic acids is 1. The van der Waals surface area contributed by atoms with E-state index in [1.54, 1.807) is 0 Å². The molecule has 0 aliphatic heterocycles. The summed E-state index contributed by atoms with van der Waals surface area (Å²) in [7, 11) is 0. The van der Waals surface area contributed by atoms with Crippen LogP contribution in [0.15, 0.2) is 54.6 Å². The quantitative estimate of drug-likeness (QED) is 0.358. The number of carbonyl (C=O) groups is 1. The molecule has 1 saturated carbocycles. The zero-order chi connectivity index (χ0) is 25.2. The summed E-state index contributed by atoms with van der Waals surface area (Å²) in [6.45, 7) is 13.4. The third-order valence-electron chi connectivity index (χ3n) is 7.72. The van der Waals surface area contributed by atoms with Gasteiger partial charge in [0.05, 0.1) is 5.69 Å². The number of benzene rings is 2. The third kappa shape index (κ3) is 6.15. The maximum atomic E-state index is 13.5. The summed E-state index contributed by atoms with van der Waals surface area (Å²) in [5.41, 5.74) is 7.87. The van der Waals surface area contributed by atoms with Gasteiger partial charge in [-0.3, -0.25) is 4.79 Å². The second-order valence-electron chi connectivity index (χ2n) is 12.6. The average Bonchev–Trinajstić information content (AvgIpc) is 3.28. The molecule has 4 rings (SSSR count). The lowest BCUT2D eigenvalue weighted by Crippen LogP contribution is -2.11. The van der Waals surface area contributed by atoms with E-state index in [2.05, 4.69) is 101 Å². The molecule has 0 saturated heterocycles. The van der Waals surface area contributed by atoms with Crippen molar-refractivity contribution < 1.29 is 4.79 Å². The predicted octanol–water partition coefficient (Wildman–Crippen LogP) is 9.49. The highest BCUT2D eigenvalue weighted by molar-refractivity contribution is 6.02. The minimum Gasteiger partial charge on any atom is -0.352 e. The minimum absolute atomic E-state index is 0.106. The number of rotatable bonds is 6. The first kappa shape index (κ1) is 25.5. The summed E-state index contributed by atoms with van der Waals surface area (Å²) < 4.78 is 0. The van der Waals surface area contributed by atoms with E-state index in [-0.39, 0.29) is 16.6 Å². The van der Waals surface area contributed by atoms with Crippen molar-refractivity contribution in [2.45, 2.75) is 97.3 Å². The van der Waals surface area contributed by atoms with E-state index in [1.807, 2.05) is 0 Å². The fourth-order valence-corrected chi connectivity index (χ4v) is 5.29. The molecule has 1 fully saturated rings. The number of ketones is 1. The Morgan fingerprint density at radius 2 is 1.29 bits per heavy atom. The van der Waals surface area contributed by atoms with Gasteiger partial charge >= 0.3 is 0 Å². The Labute approximate surface area is 212 Å². The minimum atomic E-state index is 0.106. The highest BCUT2D eigenvalue weighted by atomic mass is 16.1. The summed E-state index contributed by atoms with van der Waals surface area (Å²) in [5, 5.41) is 0. The molecular weight excluding hydrogens is 426 g/mol. The van der Waals surface area contributed by atoms with Gasteiger partial charge in [-0.05, 0) is 51.5 Å². The van der Waals surface area contributed by atoms with Crippen molar-refractivity contribution in [1.82, 2.24) is 4.98 Å². The van der Waals surface area contributed by atoms with Crippen molar-refractivity contribution in [2.24, 2.45) is 5.92 Å².